The van der Waals surface area contributed by atoms with E-state index in [1.54, 1.807) is 0 Å². The molecule has 6 heteroatoms. The van der Waals surface area contributed by atoms with E-state index >= 15 is 0 Å². The lowest BCUT2D eigenvalue weighted by Gasteiger charge is -2.33. The van der Waals surface area contributed by atoms with Crippen LogP contribution in [0.1, 0.15) is 31.5 Å². The summed E-state index contributed by atoms with van der Waals surface area (Å²) >= 11 is 0. The van der Waals surface area contributed by atoms with Crippen LogP contribution in [0.15, 0.2) is 24.3 Å². The number of aromatic nitrogens is 2. The van der Waals surface area contributed by atoms with Crippen LogP contribution in [0.25, 0.3) is 11.0 Å². The third-order valence-electron chi connectivity index (χ3n) is 4.78. The molecule has 0 bridgehead atoms. The van der Waals surface area contributed by atoms with Crippen LogP contribution in [-0.4, -0.2) is 44.5 Å². The first kappa shape index (κ1) is 16.5. The van der Waals surface area contributed by atoms with Crippen molar-refractivity contribution in [3.63, 3.8) is 0 Å². The molecule has 1 atom stereocenters. The molecule has 128 valence electrons. The summed E-state index contributed by atoms with van der Waals surface area (Å²) in [5.74, 6) is 0.448. The largest absolute Gasteiger partial charge is 0.481 e. The van der Waals surface area contributed by atoms with E-state index in [9.17, 15) is 9.59 Å². The van der Waals surface area contributed by atoms with Crippen LogP contribution in [0, 0.1) is 12.8 Å². The van der Waals surface area contributed by atoms with Gasteiger partial charge >= 0.3 is 5.97 Å². The number of imidazole rings is 1. The molecule has 6 nitrogen and oxygen atoms in total. The molecule has 0 radical (unpaired) electrons. The lowest BCUT2D eigenvalue weighted by molar-refractivity contribution is -0.137. The number of carboxylic acid groups (broad SMARTS) is 1. The summed E-state index contributed by atoms with van der Waals surface area (Å²) < 4.78 is 1.96. The summed E-state index contributed by atoms with van der Waals surface area (Å²) in [5.41, 5.74) is 1.88. The zero-order chi connectivity index (χ0) is 17.1. The number of aryl methyl sites for hydroxylation is 1. The number of likely N-dealkylation sites (tertiary alicyclic amines) is 1. The Morgan fingerprint density at radius 1 is 1.33 bits per heavy atom. The number of amides is 1. The first-order chi connectivity index (χ1) is 11.5. The molecule has 1 aromatic heterocycles. The molecule has 1 amide bonds. The predicted molar refractivity (Wildman–Crippen MR) is 90.6 cm³/mol. The van der Waals surface area contributed by atoms with Gasteiger partial charge in [-0.2, -0.15) is 0 Å². The summed E-state index contributed by atoms with van der Waals surface area (Å²) in [6, 6.07) is 7.83. The number of carbonyl (C=O) groups is 2. The second kappa shape index (κ2) is 7.03. The number of carbonyl (C=O) groups excluding carboxylic acids is 1. The number of hydrogen-bond acceptors (Lipinski definition) is 3. The van der Waals surface area contributed by atoms with Crippen molar-refractivity contribution >= 4 is 22.9 Å². The second-order valence-corrected chi connectivity index (χ2v) is 6.51. The van der Waals surface area contributed by atoms with Gasteiger partial charge in [0.15, 0.2) is 0 Å². The lowest BCUT2D eigenvalue weighted by Crippen LogP contribution is -2.41. The molecule has 1 unspecified atom stereocenters. The van der Waals surface area contributed by atoms with E-state index in [0.29, 0.717) is 18.9 Å². The molecule has 1 saturated heterocycles. The van der Waals surface area contributed by atoms with Gasteiger partial charge < -0.3 is 14.6 Å². The van der Waals surface area contributed by atoms with Crippen molar-refractivity contribution in [2.24, 2.45) is 5.92 Å². The summed E-state index contributed by atoms with van der Waals surface area (Å²) in [6.07, 6.45) is 2.77. The number of rotatable bonds is 5. The van der Waals surface area contributed by atoms with E-state index in [2.05, 4.69) is 4.98 Å². The average molecular weight is 329 g/mol. The van der Waals surface area contributed by atoms with E-state index < -0.39 is 5.97 Å². The summed E-state index contributed by atoms with van der Waals surface area (Å²) in [4.78, 5) is 29.8. The number of para-hydroxylation sites is 2. The van der Waals surface area contributed by atoms with Gasteiger partial charge in [-0.3, -0.25) is 9.59 Å². The van der Waals surface area contributed by atoms with Crippen molar-refractivity contribution in [3.05, 3.63) is 30.1 Å². The molecule has 1 aromatic carbocycles. The molecule has 0 spiro atoms. The Balaban J connectivity index is 1.67. The molecule has 1 N–H and O–H groups in total. The Labute approximate surface area is 141 Å². The van der Waals surface area contributed by atoms with Crippen molar-refractivity contribution in [2.75, 3.05) is 13.1 Å². The standard InChI is InChI=1S/C18H23N3O3/c1-13-19-15-6-2-3-7-16(15)21(13)12-17(22)20-10-4-5-14(11-20)8-9-18(23)24/h2-3,6-7,14H,4-5,8-12H2,1H3,(H,23,24). The molecule has 0 saturated carbocycles. The van der Waals surface area contributed by atoms with Gasteiger partial charge in [0, 0.05) is 19.5 Å². The fourth-order valence-electron chi connectivity index (χ4n) is 3.49. The zero-order valence-corrected chi connectivity index (χ0v) is 13.9. The van der Waals surface area contributed by atoms with Gasteiger partial charge in [0.1, 0.15) is 12.4 Å². The number of carboxylic acids is 1. The summed E-state index contributed by atoms with van der Waals surface area (Å²) in [7, 11) is 0. The first-order valence-corrected chi connectivity index (χ1v) is 8.46. The van der Waals surface area contributed by atoms with Crippen LogP contribution in [-0.2, 0) is 16.1 Å². The fourth-order valence-corrected chi connectivity index (χ4v) is 3.49. The van der Waals surface area contributed by atoms with E-state index in [1.165, 1.54) is 0 Å². The maximum absolute atomic E-state index is 12.7. The molecule has 3 rings (SSSR count). The normalized spacial score (nSPS) is 18.0. The van der Waals surface area contributed by atoms with Crippen LogP contribution < -0.4 is 0 Å². The Hall–Kier alpha value is -2.37. The summed E-state index contributed by atoms with van der Waals surface area (Å²) in [6.45, 7) is 3.63. The second-order valence-electron chi connectivity index (χ2n) is 6.51. The monoisotopic (exact) mass is 329 g/mol. The molecule has 2 heterocycles. The van der Waals surface area contributed by atoms with Gasteiger partial charge in [0.2, 0.25) is 5.91 Å². The third kappa shape index (κ3) is 3.58. The Kier molecular flexibility index (Phi) is 4.83. The quantitative estimate of drug-likeness (QED) is 0.914. The third-order valence-corrected chi connectivity index (χ3v) is 4.78. The number of hydrogen-bond donors (Lipinski definition) is 1. The van der Waals surface area contributed by atoms with Crippen LogP contribution in [0.4, 0.5) is 0 Å². The number of nitrogens with zero attached hydrogens (tertiary/aromatic N) is 3. The van der Waals surface area contributed by atoms with Crippen LogP contribution >= 0.6 is 0 Å². The number of piperidine rings is 1. The minimum Gasteiger partial charge on any atom is -0.481 e. The highest BCUT2D eigenvalue weighted by molar-refractivity contribution is 5.81. The SMILES string of the molecule is Cc1nc2ccccc2n1CC(=O)N1CCCC(CCC(=O)O)C1. The fraction of sp³-hybridized carbons (Fsp3) is 0.500. The van der Waals surface area contributed by atoms with Gasteiger partial charge in [-0.05, 0) is 44.2 Å². The highest BCUT2D eigenvalue weighted by atomic mass is 16.4. The Bertz CT molecular complexity index is 753. The lowest BCUT2D eigenvalue weighted by atomic mass is 9.93. The highest BCUT2D eigenvalue weighted by Crippen LogP contribution is 2.22. The predicted octanol–water partition coefficient (Wildman–Crippen LogP) is 2.45. The van der Waals surface area contributed by atoms with Crippen LogP contribution in [0.5, 0.6) is 0 Å². The Morgan fingerprint density at radius 3 is 2.92 bits per heavy atom. The van der Waals surface area contributed by atoms with E-state index in [-0.39, 0.29) is 18.9 Å². The number of benzene rings is 1. The molecule has 24 heavy (non-hydrogen) atoms. The minimum absolute atomic E-state index is 0.0845. The molecule has 1 aliphatic rings. The number of fused-ring (bicyclic) bond motifs is 1. The van der Waals surface area contributed by atoms with E-state index in [1.807, 2.05) is 40.7 Å². The Morgan fingerprint density at radius 2 is 2.12 bits per heavy atom. The van der Waals surface area contributed by atoms with Gasteiger partial charge in [0.25, 0.3) is 0 Å². The molecular formula is C18H23N3O3. The van der Waals surface area contributed by atoms with E-state index in [4.69, 9.17) is 5.11 Å². The first-order valence-electron chi connectivity index (χ1n) is 8.46. The van der Waals surface area contributed by atoms with Crippen molar-refractivity contribution in [2.45, 2.75) is 39.2 Å². The van der Waals surface area contributed by atoms with E-state index in [0.717, 1.165) is 36.2 Å². The van der Waals surface area contributed by atoms with Gasteiger partial charge in [-0.1, -0.05) is 12.1 Å². The molecule has 1 aliphatic heterocycles. The average Bonchev–Trinajstić information content (AvgIpc) is 2.89. The van der Waals surface area contributed by atoms with Crippen LogP contribution in [0.2, 0.25) is 0 Å². The molecule has 1 fully saturated rings. The van der Waals surface area contributed by atoms with Crippen molar-refractivity contribution < 1.29 is 14.7 Å². The van der Waals surface area contributed by atoms with Gasteiger partial charge in [-0.15, -0.1) is 0 Å². The minimum atomic E-state index is -0.765. The van der Waals surface area contributed by atoms with Crippen molar-refractivity contribution in [1.82, 2.24) is 14.5 Å². The maximum atomic E-state index is 12.7. The topological polar surface area (TPSA) is 75.4 Å². The van der Waals surface area contributed by atoms with Gasteiger partial charge in [-0.25, -0.2) is 4.98 Å². The molecule has 0 aliphatic carbocycles. The maximum Gasteiger partial charge on any atom is 0.303 e. The van der Waals surface area contributed by atoms with Crippen LogP contribution in [0.3, 0.4) is 0 Å². The zero-order valence-electron chi connectivity index (χ0n) is 13.9. The van der Waals surface area contributed by atoms with Crippen molar-refractivity contribution in [1.29, 1.82) is 0 Å². The summed E-state index contributed by atoms with van der Waals surface area (Å²) in [5, 5.41) is 8.83. The molecule has 2 aromatic rings. The van der Waals surface area contributed by atoms with Crippen molar-refractivity contribution in [3.8, 4) is 0 Å². The highest BCUT2D eigenvalue weighted by Gasteiger charge is 2.24. The molecular weight excluding hydrogens is 306 g/mol. The van der Waals surface area contributed by atoms with Gasteiger partial charge in [0.05, 0.1) is 11.0 Å². The number of aliphatic carboxylic acids is 1. The smallest absolute Gasteiger partial charge is 0.303 e.